The van der Waals surface area contributed by atoms with Crippen molar-refractivity contribution < 1.29 is 19.4 Å². The molecule has 0 atom stereocenters. The van der Waals surface area contributed by atoms with Gasteiger partial charge in [-0.2, -0.15) is 0 Å². The van der Waals surface area contributed by atoms with Crippen molar-refractivity contribution in [3.63, 3.8) is 0 Å². The molecule has 0 spiro atoms. The third kappa shape index (κ3) is 7.22. The number of aliphatic carboxylic acids is 1. The quantitative estimate of drug-likeness (QED) is 0.232. The second kappa shape index (κ2) is 13.2. The molecule has 3 N–H and O–H groups in total. The third-order valence-electron chi connectivity index (χ3n) is 6.98. The van der Waals surface area contributed by atoms with Crippen molar-refractivity contribution in [2.75, 3.05) is 38.0 Å². The Bertz CT molecular complexity index is 1360. The van der Waals surface area contributed by atoms with Crippen LogP contribution < -0.4 is 10.6 Å². The van der Waals surface area contributed by atoms with Gasteiger partial charge in [0, 0.05) is 19.6 Å². The van der Waals surface area contributed by atoms with Gasteiger partial charge in [-0.25, -0.2) is 9.50 Å². The van der Waals surface area contributed by atoms with E-state index in [0.29, 0.717) is 11.5 Å². The number of likely N-dealkylation sites (tertiary alicyclic amines) is 1. The van der Waals surface area contributed by atoms with Crippen LogP contribution in [0.3, 0.4) is 0 Å². The molecule has 4 aromatic rings. The summed E-state index contributed by atoms with van der Waals surface area (Å²) in [5.74, 6) is -0.978. The fourth-order valence-electron chi connectivity index (χ4n) is 4.92. The van der Waals surface area contributed by atoms with Crippen LogP contribution >= 0.6 is 0 Å². The average Bonchev–Trinajstić information content (AvgIpc) is 3.42. The topological polar surface area (TPSA) is 121 Å². The number of aromatic nitrogens is 3. The van der Waals surface area contributed by atoms with Crippen LogP contribution in [0.1, 0.15) is 47.0 Å². The zero-order chi connectivity index (χ0) is 27.7. The standard InChI is InChI=1S/C30H34N6O4/c37-28(38)20-32-30(39)25-21-36-27(33-25)13-12-26(34-36)31-16-7-17-35-18-14-24(15-19-35)40-29(22-8-3-1-4-9-22)23-10-5-2-6-11-23/h1-6,8-13,21,24,29H,7,14-20H2,(H,31,34)(H,32,39)(H,37,38). The SMILES string of the molecule is O=C(O)CNC(=O)c1cn2nc(NCCCN3CCC(OC(c4ccccc4)c4ccccc4)CC3)ccc2n1. The molecular weight excluding hydrogens is 508 g/mol. The minimum Gasteiger partial charge on any atom is -0.480 e. The molecule has 2 aromatic carbocycles. The number of hydrogen-bond donors (Lipinski definition) is 3. The molecule has 40 heavy (non-hydrogen) atoms. The van der Waals surface area contributed by atoms with E-state index in [1.54, 1.807) is 6.07 Å². The van der Waals surface area contributed by atoms with Gasteiger partial charge in [-0.15, -0.1) is 5.10 Å². The maximum Gasteiger partial charge on any atom is 0.322 e. The van der Waals surface area contributed by atoms with E-state index in [4.69, 9.17) is 9.84 Å². The van der Waals surface area contributed by atoms with E-state index in [0.717, 1.165) is 45.4 Å². The number of piperidine rings is 1. The number of carbonyl (C=O) groups excluding carboxylic acids is 1. The predicted octanol–water partition coefficient (Wildman–Crippen LogP) is 3.62. The molecular formula is C30H34N6O4. The first-order valence-electron chi connectivity index (χ1n) is 13.6. The monoisotopic (exact) mass is 542 g/mol. The first-order valence-corrected chi connectivity index (χ1v) is 13.6. The molecule has 1 fully saturated rings. The van der Waals surface area contributed by atoms with Crippen LogP contribution in [0.5, 0.6) is 0 Å². The van der Waals surface area contributed by atoms with Crippen molar-refractivity contribution in [2.24, 2.45) is 0 Å². The number of fused-ring (bicyclic) bond motifs is 1. The van der Waals surface area contributed by atoms with Crippen molar-refractivity contribution in [3.8, 4) is 0 Å². The lowest BCUT2D eigenvalue weighted by molar-refractivity contribution is -0.135. The normalized spacial score (nSPS) is 14.4. The summed E-state index contributed by atoms with van der Waals surface area (Å²) in [4.78, 5) is 29.4. The highest BCUT2D eigenvalue weighted by molar-refractivity contribution is 5.94. The fourth-order valence-corrected chi connectivity index (χ4v) is 4.92. The first-order chi connectivity index (χ1) is 19.5. The Morgan fingerprint density at radius 3 is 2.30 bits per heavy atom. The number of carboxylic acid groups (broad SMARTS) is 1. The zero-order valence-corrected chi connectivity index (χ0v) is 22.3. The number of ether oxygens (including phenoxy) is 1. The molecule has 1 aliphatic heterocycles. The number of amides is 1. The molecule has 0 saturated carbocycles. The van der Waals surface area contributed by atoms with E-state index in [1.165, 1.54) is 21.8 Å². The lowest BCUT2D eigenvalue weighted by atomic mass is 10.00. The highest BCUT2D eigenvalue weighted by atomic mass is 16.5. The number of carboxylic acids is 1. The van der Waals surface area contributed by atoms with Crippen LogP contribution in [0.15, 0.2) is 79.0 Å². The summed E-state index contributed by atoms with van der Waals surface area (Å²) in [6.45, 7) is 3.31. The van der Waals surface area contributed by atoms with E-state index >= 15 is 0 Å². The van der Waals surface area contributed by atoms with Crippen LogP contribution in [0.25, 0.3) is 5.65 Å². The van der Waals surface area contributed by atoms with Crippen molar-refractivity contribution in [1.29, 1.82) is 0 Å². The minimum atomic E-state index is -1.11. The van der Waals surface area contributed by atoms with Crippen LogP contribution in [0.4, 0.5) is 5.82 Å². The fraction of sp³-hybridized carbons (Fsp3) is 0.333. The Morgan fingerprint density at radius 1 is 0.975 bits per heavy atom. The summed E-state index contributed by atoms with van der Waals surface area (Å²) < 4.78 is 8.18. The molecule has 1 aliphatic rings. The summed E-state index contributed by atoms with van der Waals surface area (Å²) in [5, 5.41) is 18.8. The van der Waals surface area contributed by atoms with E-state index in [-0.39, 0.29) is 17.9 Å². The lowest BCUT2D eigenvalue weighted by Crippen LogP contribution is -2.38. The molecule has 3 heterocycles. The number of imidazole rings is 1. The van der Waals surface area contributed by atoms with Gasteiger partial charge in [0.2, 0.25) is 0 Å². The van der Waals surface area contributed by atoms with Gasteiger partial charge >= 0.3 is 5.97 Å². The first kappa shape index (κ1) is 27.3. The molecule has 1 amide bonds. The number of hydrogen-bond acceptors (Lipinski definition) is 7. The maximum absolute atomic E-state index is 12.1. The van der Waals surface area contributed by atoms with Gasteiger partial charge in [0.25, 0.3) is 5.91 Å². The average molecular weight is 543 g/mol. The van der Waals surface area contributed by atoms with Crippen LogP contribution in [-0.2, 0) is 9.53 Å². The second-order valence-electron chi connectivity index (χ2n) is 9.88. The number of nitrogens with one attached hydrogen (secondary N) is 2. The predicted molar refractivity (Wildman–Crippen MR) is 151 cm³/mol. The highest BCUT2D eigenvalue weighted by Crippen LogP contribution is 2.30. The Labute approximate surface area is 233 Å². The van der Waals surface area contributed by atoms with Gasteiger partial charge in [-0.05, 0) is 49.1 Å². The van der Waals surface area contributed by atoms with Gasteiger partial charge in [0.1, 0.15) is 24.2 Å². The van der Waals surface area contributed by atoms with Gasteiger partial charge < -0.3 is 25.4 Å². The van der Waals surface area contributed by atoms with Gasteiger partial charge in [0.15, 0.2) is 5.65 Å². The third-order valence-corrected chi connectivity index (χ3v) is 6.98. The molecule has 0 aliphatic carbocycles. The smallest absolute Gasteiger partial charge is 0.322 e. The Kier molecular flexibility index (Phi) is 9.00. The maximum atomic E-state index is 12.1. The molecule has 10 nitrogen and oxygen atoms in total. The summed E-state index contributed by atoms with van der Waals surface area (Å²) >= 11 is 0. The summed E-state index contributed by atoms with van der Waals surface area (Å²) in [7, 11) is 0. The van der Waals surface area contributed by atoms with E-state index in [1.807, 2.05) is 18.2 Å². The largest absolute Gasteiger partial charge is 0.480 e. The van der Waals surface area contributed by atoms with E-state index in [2.05, 4.69) is 74.1 Å². The van der Waals surface area contributed by atoms with Gasteiger partial charge in [-0.1, -0.05) is 60.7 Å². The highest BCUT2D eigenvalue weighted by Gasteiger charge is 2.24. The number of nitrogens with zero attached hydrogens (tertiary/aromatic N) is 4. The molecule has 1 saturated heterocycles. The zero-order valence-electron chi connectivity index (χ0n) is 22.3. The summed E-state index contributed by atoms with van der Waals surface area (Å²) in [5.41, 5.74) is 3.00. The molecule has 208 valence electrons. The molecule has 0 radical (unpaired) electrons. The number of carbonyl (C=O) groups is 2. The number of anilines is 1. The van der Waals surface area contributed by atoms with E-state index < -0.39 is 18.4 Å². The minimum absolute atomic E-state index is 0.0568. The van der Waals surface area contributed by atoms with Crippen molar-refractivity contribution in [1.82, 2.24) is 24.8 Å². The molecule has 0 unspecified atom stereocenters. The second-order valence-corrected chi connectivity index (χ2v) is 9.88. The van der Waals surface area contributed by atoms with Crippen molar-refractivity contribution in [2.45, 2.75) is 31.5 Å². The van der Waals surface area contributed by atoms with Crippen molar-refractivity contribution >= 4 is 23.3 Å². The Morgan fingerprint density at radius 2 is 1.65 bits per heavy atom. The van der Waals surface area contributed by atoms with Crippen LogP contribution in [0, 0.1) is 0 Å². The summed E-state index contributed by atoms with van der Waals surface area (Å²) in [6.07, 6.45) is 4.63. The molecule has 2 aromatic heterocycles. The molecule has 0 bridgehead atoms. The van der Waals surface area contributed by atoms with Gasteiger partial charge in [-0.3, -0.25) is 9.59 Å². The summed E-state index contributed by atoms with van der Waals surface area (Å²) in [6, 6.07) is 24.5. The Hall–Kier alpha value is -4.28. The number of rotatable bonds is 12. The van der Waals surface area contributed by atoms with Crippen LogP contribution in [-0.4, -0.2) is 75.3 Å². The van der Waals surface area contributed by atoms with Crippen molar-refractivity contribution in [3.05, 3.63) is 95.8 Å². The Balaban J connectivity index is 1.06. The number of benzene rings is 2. The van der Waals surface area contributed by atoms with Gasteiger partial charge in [0.05, 0.1) is 12.3 Å². The van der Waals surface area contributed by atoms with E-state index in [9.17, 15) is 9.59 Å². The van der Waals surface area contributed by atoms with Crippen LogP contribution in [0.2, 0.25) is 0 Å². The lowest BCUT2D eigenvalue weighted by Gasteiger charge is -2.34. The molecule has 5 rings (SSSR count). The molecule has 10 heteroatoms.